The van der Waals surface area contributed by atoms with E-state index >= 15 is 0 Å². The molecule has 0 saturated carbocycles. The highest BCUT2D eigenvalue weighted by molar-refractivity contribution is 7.18. The van der Waals surface area contributed by atoms with Crippen LogP contribution in [-0.4, -0.2) is 49.0 Å². The lowest BCUT2D eigenvalue weighted by atomic mass is 10.1. The van der Waals surface area contributed by atoms with Crippen molar-refractivity contribution in [3.05, 3.63) is 69.9 Å². The highest BCUT2D eigenvalue weighted by Gasteiger charge is 2.33. The van der Waals surface area contributed by atoms with Crippen LogP contribution >= 0.6 is 22.9 Å². The van der Waals surface area contributed by atoms with Gasteiger partial charge in [-0.05, 0) is 48.7 Å². The number of rotatable bonds is 4. The SMILES string of the molecule is Cc1nc2ccc(CN3CC(C)CN3C(=O)c3cc(Cl)ccc3-n3nccn3)cc2s1. The average Bonchev–Trinajstić information content (AvgIpc) is 3.47. The predicted octanol–water partition coefficient (Wildman–Crippen LogP) is 4.35. The minimum atomic E-state index is -0.103. The first-order chi connectivity index (χ1) is 15.0. The van der Waals surface area contributed by atoms with Crippen molar-refractivity contribution in [1.29, 1.82) is 0 Å². The third-order valence-electron chi connectivity index (χ3n) is 5.33. The topological polar surface area (TPSA) is 67.2 Å². The molecule has 0 N–H and O–H groups in total. The Hall–Kier alpha value is -2.81. The van der Waals surface area contributed by atoms with Gasteiger partial charge in [-0.15, -0.1) is 11.3 Å². The second kappa shape index (κ2) is 8.03. The van der Waals surface area contributed by atoms with Gasteiger partial charge in [0.15, 0.2) is 0 Å². The van der Waals surface area contributed by atoms with Crippen LogP contribution in [0.15, 0.2) is 48.8 Å². The zero-order valence-electron chi connectivity index (χ0n) is 17.2. The van der Waals surface area contributed by atoms with E-state index in [1.165, 1.54) is 9.50 Å². The Morgan fingerprint density at radius 1 is 1.16 bits per heavy atom. The molecule has 1 unspecified atom stereocenters. The number of halogens is 1. The van der Waals surface area contributed by atoms with Crippen molar-refractivity contribution in [2.45, 2.75) is 20.4 Å². The standard InChI is InChI=1S/C22H21ClN6OS/c1-14-11-27(13-16-3-5-19-21(9-16)31-15(2)26-19)28(12-14)22(30)18-10-17(23)4-6-20(18)29-24-7-8-25-29/h3-10,14H,11-13H2,1-2H3. The molecule has 31 heavy (non-hydrogen) atoms. The number of carbonyl (C=O) groups excluding carboxylic acids is 1. The zero-order chi connectivity index (χ0) is 21.5. The Morgan fingerprint density at radius 3 is 2.77 bits per heavy atom. The number of aryl methyl sites for hydroxylation is 1. The number of hydrazine groups is 1. The molecule has 1 fully saturated rings. The van der Waals surface area contributed by atoms with E-state index < -0.39 is 0 Å². The fourth-order valence-electron chi connectivity index (χ4n) is 4.01. The molecule has 0 spiro atoms. The van der Waals surface area contributed by atoms with Gasteiger partial charge in [-0.2, -0.15) is 15.0 Å². The van der Waals surface area contributed by atoms with E-state index in [0.717, 1.165) is 22.6 Å². The van der Waals surface area contributed by atoms with Gasteiger partial charge < -0.3 is 0 Å². The van der Waals surface area contributed by atoms with Crippen LogP contribution in [0.2, 0.25) is 5.02 Å². The first-order valence-corrected chi connectivity index (χ1v) is 11.3. The normalized spacial score (nSPS) is 17.0. The summed E-state index contributed by atoms with van der Waals surface area (Å²) in [6.07, 6.45) is 3.18. The lowest BCUT2D eigenvalue weighted by Crippen LogP contribution is -2.41. The first kappa shape index (κ1) is 20.1. The number of benzene rings is 2. The first-order valence-electron chi connectivity index (χ1n) is 10.1. The fraction of sp³-hybridized carbons (Fsp3) is 0.273. The summed E-state index contributed by atoms with van der Waals surface area (Å²) in [5.41, 5.74) is 3.27. The van der Waals surface area contributed by atoms with Gasteiger partial charge in [0.2, 0.25) is 0 Å². The van der Waals surface area contributed by atoms with E-state index in [2.05, 4.69) is 45.3 Å². The van der Waals surface area contributed by atoms with Gasteiger partial charge in [0, 0.05) is 24.7 Å². The van der Waals surface area contributed by atoms with Gasteiger partial charge in [0.05, 0.1) is 38.9 Å². The largest absolute Gasteiger partial charge is 0.271 e. The van der Waals surface area contributed by atoms with Crippen molar-refractivity contribution < 1.29 is 4.79 Å². The molecule has 0 radical (unpaired) electrons. The number of aromatic nitrogens is 4. The molecule has 1 aliphatic rings. The van der Waals surface area contributed by atoms with Gasteiger partial charge in [-0.1, -0.05) is 24.6 Å². The molecule has 9 heteroatoms. The summed E-state index contributed by atoms with van der Waals surface area (Å²) in [5, 5.41) is 13.9. The Balaban J connectivity index is 1.46. The van der Waals surface area contributed by atoms with Crippen molar-refractivity contribution in [2.75, 3.05) is 13.1 Å². The summed E-state index contributed by atoms with van der Waals surface area (Å²) in [6.45, 7) is 6.29. The molecule has 3 heterocycles. The number of hydrogen-bond donors (Lipinski definition) is 0. The molecular formula is C22H21ClN6OS. The molecule has 2 aromatic carbocycles. The molecule has 1 aliphatic heterocycles. The van der Waals surface area contributed by atoms with Crippen LogP contribution < -0.4 is 0 Å². The van der Waals surface area contributed by atoms with E-state index in [0.29, 0.717) is 35.3 Å². The Labute approximate surface area is 188 Å². The van der Waals surface area contributed by atoms with Crippen LogP contribution in [0.25, 0.3) is 15.9 Å². The van der Waals surface area contributed by atoms with Crippen molar-refractivity contribution in [3.63, 3.8) is 0 Å². The maximum Gasteiger partial charge on any atom is 0.270 e. The molecule has 4 aromatic rings. The number of amides is 1. The highest BCUT2D eigenvalue weighted by Crippen LogP contribution is 2.28. The van der Waals surface area contributed by atoms with Crippen LogP contribution in [0.5, 0.6) is 0 Å². The molecule has 0 aliphatic carbocycles. The van der Waals surface area contributed by atoms with E-state index in [1.807, 2.05) is 11.9 Å². The molecule has 158 valence electrons. The van der Waals surface area contributed by atoms with Crippen LogP contribution in [-0.2, 0) is 6.54 Å². The van der Waals surface area contributed by atoms with Gasteiger partial charge in [0.25, 0.3) is 5.91 Å². The van der Waals surface area contributed by atoms with Crippen molar-refractivity contribution in [2.24, 2.45) is 5.92 Å². The summed E-state index contributed by atoms with van der Waals surface area (Å²) < 4.78 is 1.17. The van der Waals surface area contributed by atoms with Crippen LogP contribution in [0, 0.1) is 12.8 Å². The second-order valence-corrected chi connectivity index (χ2v) is 9.53. The molecule has 1 atom stereocenters. The van der Waals surface area contributed by atoms with E-state index in [4.69, 9.17) is 11.6 Å². The highest BCUT2D eigenvalue weighted by atomic mass is 35.5. The molecule has 1 amide bonds. The Morgan fingerprint density at radius 2 is 1.97 bits per heavy atom. The maximum absolute atomic E-state index is 13.6. The lowest BCUT2D eigenvalue weighted by Gasteiger charge is -2.28. The monoisotopic (exact) mass is 452 g/mol. The van der Waals surface area contributed by atoms with E-state index in [-0.39, 0.29) is 5.91 Å². The summed E-state index contributed by atoms with van der Waals surface area (Å²) in [6, 6.07) is 11.5. The Bertz CT molecular complexity index is 1250. The summed E-state index contributed by atoms with van der Waals surface area (Å²) >= 11 is 7.93. The Kier molecular flexibility index (Phi) is 5.21. The van der Waals surface area contributed by atoms with Gasteiger partial charge >= 0.3 is 0 Å². The van der Waals surface area contributed by atoms with Gasteiger partial charge in [0.1, 0.15) is 0 Å². The lowest BCUT2D eigenvalue weighted by molar-refractivity contribution is 0.0170. The fourth-order valence-corrected chi connectivity index (χ4v) is 5.08. The number of fused-ring (bicyclic) bond motifs is 1. The second-order valence-electron chi connectivity index (χ2n) is 7.85. The van der Waals surface area contributed by atoms with Crippen LogP contribution in [0.3, 0.4) is 0 Å². The van der Waals surface area contributed by atoms with Crippen LogP contribution in [0.1, 0.15) is 27.9 Å². The summed E-state index contributed by atoms with van der Waals surface area (Å²) in [7, 11) is 0. The predicted molar refractivity (Wildman–Crippen MR) is 121 cm³/mol. The summed E-state index contributed by atoms with van der Waals surface area (Å²) in [5.74, 6) is 0.262. The van der Waals surface area contributed by atoms with E-state index in [1.54, 1.807) is 41.9 Å². The number of nitrogens with zero attached hydrogens (tertiary/aromatic N) is 6. The molecule has 0 bridgehead atoms. The number of carbonyl (C=O) groups is 1. The van der Waals surface area contributed by atoms with Gasteiger partial charge in [-0.25, -0.2) is 9.99 Å². The molecule has 5 rings (SSSR count). The molecular weight excluding hydrogens is 432 g/mol. The van der Waals surface area contributed by atoms with E-state index in [9.17, 15) is 4.79 Å². The molecule has 1 saturated heterocycles. The molecule has 7 nitrogen and oxygen atoms in total. The minimum Gasteiger partial charge on any atom is -0.271 e. The average molecular weight is 453 g/mol. The quantitative estimate of drug-likeness (QED) is 0.460. The zero-order valence-corrected chi connectivity index (χ0v) is 18.8. The number of thiazole rings is 1. The third kappa shape index (κ3) is 3.94. The van der Waals surface area contributed by atoms with Crippen molar-refractivity contribution in [3.8, 4) is 5.69 Å². The maximum atomic E-state index is 13.6. The number of hydrogen-bond acceptors (Lipinski definition) is 6. The van der Waals surface area contributed by atoms with Crippen molar-refractivity contribution >= 4 is 39.1 Å². The minimum absolute atomic E-state index is 0.103. The molecule has 2 aromatic heterocycles. The van der Waals surface area contributed by atoms with Crippen LogP contribution in [0.4, 0.5) is 0 Å². The third-order valence-corrected chi connectivity index (χ3v) is 6.50. The smallest absolute Gasteiger partial charge is 0.270 e. The summed E-state index contributed by atoms with van der Waals surface area (Å²) in [4.78, 5) is 19.6. The van der Waals surface area contributed by atoms with Gasteiger partial charge in [-0.3, -0.25) is 9.80 Å². The van der Waals surface area contributed by atoms with Crippen molar-refractivity contribution in [1.82, 2.24) is 30.0 Å².